The lowest BCUT2D eigenvalue weighted by atomic mass is 9.92. The van der Waals surface area contributed by atoms with Gasteiger partial charge in [-0.15, -0.1) is 0 Å². The second-order valence-electron chi connectivity index (χ2n) is 4.61. The van der Waals surface area contributed by atoms with E-state index in [0.717, 1.165) is 5.57 Å². The van der Waals surface area contributed by atoms with Crippen LogP contribution in [0.15, 0.2) is 49.0 Å². The van der Waals surface area contributed by atoms with Crippen molar-refractivity contribution in [3.63, 3.8) is 0 Å². The van der Waals surface area contributed by atoms with Crippen molar-refractivity contribution >= 4 is 5.57 Å². The molecule has 0 aliphatic heterocycles. The summed E-state index contributed by atoms with van der Waals surface area (Å²) in [7, 11) is 0. The molecule has 0 bridgehead atoms. The summed E-state index contributed by atoms with van der Waals surface area (Å²) in [6, 6.07) is 14.9. The Morgan fingerprint density at radius 1 is 0.824 bits per heavy atom. The van der Waals surface area contributed by atoms with Gasteiger partial charge in [0.05, 0.1) is 0 Å². The van der Waals surface area contributed by atoms with Gasteiger partial charge in [-0.05, 0) is 48.6 Å². The molecule has 0 aliphatic rings. The zero-order chi connectivity index (χ0) is 12.4. The molecule has 86 valence electrons. The molecule has 2 aromatic rings. The van der Waals surface area contributed by atoms with Crippen molar-refractivity contribution in [1.82, 2.24) is 0 Å². The zero-order valence-electron chi connectivity index (χ0n) is 10.7. The smallest absolute Gasteiger partial charge is 0.0154 e. The zero-order valence-corrected chi connectivity index (χ0v) is 10.7. The summed E-state index contributed by atoms with van der Waals surface area (Å²) in [5.41, 5.74) is 7.45. The Bertz CT molecular complexity index is 562. The fourth-order valence-corrected chi connectivity index (χ4v) is 2.21. The maximum absolute atomic E-state index is 4.25. The van der Waals surface area contributed by atoms with Crippen molar-refractivity contribution in [3.05, 3.63) is 76.9 Å². The number of aryl methyl sites for hydroxylation is 3. The van der Waals surface area contributed by atoms with Crippen LogP contribution < -0.4 is 0 Å². The van der Waals surface area contributed by atoms with Gasteiger partial charge in [0.15, 0.2) is 0 Å². The number of benzene rings is 2. The molecule has 0 atom stereocenters. The number of rotatable bonds is 2. The first-order chi connectivity index (χ1) is 8.09. The Hall–Kier alpha value is -1.82. The first-order valence-electron chi connectivity index (χ1n) is 5.92. The second-order valence-corrected chi connectivity index (χ2v) is 4.61. The average Bonchev–Trinajstić information content (AvgIpc) is 2.29. The van der Waals surface area contributed by atoms with Crippen LogP contribution in [0.4, 0.5) is 0 Å². The maximum atomic E-state index is 4.25. The molecule has 0 heterocycles. The topological polar surface area (TPSA) is 0 Å². The predicted octanol–water partition coefficient (Wildman–Crippen LogP) is 4.67. The van der Waals surface area contributed by atoms with Gasteiger partial charge in [-0.1, -0.05) is 54.6 Å². The molecule has 2 rings (SSSR count). The first kappa shape index (κ1) is 11.7. The van der Waals surface area contributed by atoms with Crippen molar-refractivity contribution in [2.24, 2.45) is 0 Å². The summed E-state index contributed by atoms with van der Waals surface area (Å²) < 4.78 is 0. The third-order valence-corrected chi connectivity index (χ3v) is 3.18. The maximum Gasteiger partial charge on any atom is -0.0154 e. The summed E-state index contributed by atoms with van der Waals surface area (Å²) in [5.74, 6) is 0. The summed E-state index contributed by atoms with van der Waals surface area (Å²) in [6.07, 6.45) is 0. The monoisotopic (exact) mass is 222 g/mol. The predicted molar refractivity (Wildman–Crippen MR) is 75.2 cm³/mol. The standard InChI is InChI=1S/C17H18/c1-12-9-10-17(14(3)11-12)15(4)16-8-6-5-7-13(16)2/h5-11H,4H2,1-3H3. The van der Waals surface area contributed by atoms with Crippen LogP contribution >= 0.6 is 0 Å². The largest absolute Gasteiger partial charge is 0.0905 e. The van der Waals surface area contributed by atoms with E-state index in [1.54, 1.807) is 0 Å². The second kappa shape index (κ2) is 4.58. The molecule has 0 saturated carbocycles. The molecule has 17 heavy (non-hydrogen) atoms. The fraction of sp³-hybridized carbons (Fsp3) is 0.176. The highest BCUT2D eigenvalue weighted by atomic mass is 14.1. The molecular weight excluding hydrogens is 204 g/mol. The molecule has 0 spiro atoms. The van der Waals surface area contributed by atoms with Crippen LogP contribution in [-0.2, 0) is 0 Å². The molecule has 0 saturated heterocycles. The Morgan fingerprint density at radius 2 is 1.47 bits per heavy atom. The molecule has 0 nitrogen and oxygen atoms in total. The van der Waals surface area contributed by atoms with E-state index in [2.05, 4.69) is 69.8 Å². The summed E-state index contributed by atoms with van der Waals surface area (Å²) in [6.45, 7) is 10.6. The van der Waals surface area contributed by atoms with Crippen LogP contribution in [0.1, 0.15) is 27.8 Å². The van der Waals surface area contributed by atoms with Gasteiger partial charge >= 0.3 is 0 Å². The lowest BCUT2D eigenvalue weighted by Crippen LogP contribution is -1.93. The molecule has 0 N–H and O–H groups in total. The number of hydrogen-bond acceptors (Lipinski definition) is 0. The van der Waals surface area contributed by atoms with Crippen molar-refractivity contribution in [2.45, 2.75) is 20.8 Å². The summed E-state index contributed by atoms with van der Waals surface area (Å²) in [4.78, 5) is 0. The lowest BCUT2D eigenvalue weighted by molar-refractivity contribution is 1.34. The molecule has 0 aliphatic carbocycles. The Labute approximate surface area is 104 Å². The van der Waals surface area contributed by atoms with Crippen LogP contribution in [0.2, 0.25) is 0 Å². The van der Waals surface area contributed by atoms with Gasteiger partial charge < -0.3 is 0 Å². The minimum atomic E-state index is 1.11. The van der Waals surface area contributed by atoms with Gasteiger partial charge in [0.2, 0.25) is 0 Å². The molecule has 0 unspecified atom stereocenters. The van der Waals surface area contributed by atoms with Gasteiger partial charge in [-0.2, -0.15) is 0 Å². The molecule has 0 radical (unpaired) electrons. The first-order valence-corrected chi connectivity index (χ1v) is 5.92. The van der Waals surface area contributed by atoms with Crippen LogP contribution in [0.5, 0.6) is 0 Å². The van der Waals surface area contributed by atoms with E-state index in [1.807, 2.05) is 0 Å². The molecule has 0 heteroatoms. The molecule has 0 amide bonds. The quantitative estimate of drug-likeness (QED) is 0.692. The van der Waals surface area contributed by atoms with Crippen LogP contribution in [-0.4, -0.2) is 0 Å². The van der Waals surface area contributed by atoms with Crippen LogP contribution in [0, 0.1) is 20.8 Å². The lowest BCUT2D eigenvalue weighted by Gasteiger charge is -2.12. The number of hydrogen-bond donors (Lipinski definition) is 0. The van der Waals surface area contributed by atoms with Gasteiger partial charge in [0, 0.05) is 0 Å². The SMILES string of the molecule is C=C(c1ccccc1C)c1ccc(C)cc1C. The van der Waals surface area contributed by atoms with Gasteiger partial charge in [-0.3, -0.25) is 0 Å². The van der Waals surface area contributed by atoms with E-state index < -0.39 is 0 Å². The highest BCUT2D eigenvalue weighted by Gasteiger charge is 2.07. The molecule has 0 aromatic heterocycles. The minimum absolute atomic E-state index is 1.11. The van der Waals surface area contributed by atoms with E-state index in [-0.39, 0.29) is 0 Å². The van der Waals surface area contributed by atoms with E-state index in [1.165, 1.54) is 27.8 Å². The van der Waals surface area contributed by atoms with Gasteiger partial charge in [0.25, 0.3) is 0 Å². The minimum Gasteiger partial charge on any atom is -0.0905 e. The van der Waals surface area contributed by atoms with Gasteiger partial charge in [-0.25, -0.2) is 0 Å². The van der Waals surface area contributed by atoms with Crippen LogP contribution in [0.3, 0.4) is 0 Å². The van der Waals surface area contributed by atoms with E-state index in [0.29, 0.717) is 0 Å². The highest BCUT2D eigenvalue weighted by molar-refractivity contribution is 5.81. The summed E-state index contributed by atoms with van der Waals surface area (Å²) >= 11 is 0. The fourth-order valence-electron chi connectivity index (χ4n) is 2.21. The Kier molecular flexibility index (Phi) is 3.14. The molecular formula is C17H18. The Morgan fingerprint density at radius 3 is 2.12 bits per heavy atom. The molecule has 0 fully saturated rings. The van der Waals surface area contributed by atoms with Crippen molar-refractivity contribution in [1.29, 1.82) is 0 Å². The van der Waals surface area contributed by atoms with Gasteiger partial charge in [0.1, 0.15) is 0 Å². The highest BCUT2D eigenvalue weighted by Crippen LogP contribution is 2.27. The molecule has 2 aromatic carbocycles. The van der Waals surface area contributed by atoms with Crippen LogP contribution in [0.25, 0.3) is 5.57 Å². The third kappa shape index (κ3) is 2.31. The van der Waals surface area contributed by atoms with Crippen molar-refractivity contribution < 1.29 is 0 Å². The average molecular weight is 222 g/mol. The van der Waals surface area contributed by atoms with E-state index >= 15 is 0 Å². The van der Waals surface area contributed by atoms with E-state index in [9.17, 15) is 0 Å². The van der Waals surface area contributed by atoms with Crippen molar-refractivity contribution in [3.8, 4) is 0 Å². The summed E-state index contributed by atoms with van der Waals surface area (Å²) in [5, 5.41) is 0. The van der Waals surface area contributed by atoms with E-state index in [4.69, 9.17) is 0 Å². The Balaban J connectivity index is 2.48. The van der Waals surface area contributed by atoms with Crippen molar-refractivity contribution in [2.75, 3.05) is 0 Å². The third-order valence-electron chi connectivity index (χ3n) is 3.18. The normalized spacial score (nSPS) is 10.3.